The summed E-state index contributed by atoms with van der Waals surface area (Å²) in [5.74, 6) is 0.254. The van der Waals surface area contributed by atoms with Crippen LogP contribution in [0.3, 0.4) is 0 Å². The van der Waals surface area contributed by atoms with Crippen LogP contribution < -0.4 is 4.90 Å². The molecule has 2 bridgehead atoms. The predicted octanol–water partition coefficient (Wildman–Crippen LogP) is 2.05. The number of hydrogen-bond donors (Lipinski definition) is 0. The van der Waals surface area contributed by atoms with E-state index >= 15 is 0 Å². The maximum absolute atomic E-state index is 12.5. The van der Waals surface area contributed by atoms with Gasteiger partial charge in [-0.25, -0.2) is 9.88 Å². The molecular weight excluding hydrogens is 264 g/mol. The van der Waals surface area contributed by atoms with Gasteiger partial charge in [-0.3, -0.25) is 9.59 Å². The van der Waals surface area contributed by atoms with Crippen LogP contribution >= 0.6 is 11.6 Å². The molecule has 2 heterocycles. The fourth-order valence-corrected chi connectivity index (χ4v) is 3.74. The zero-order valence-corrected chi connectivity index (χ0v) is 10.7. The zero-order valence-electron chi connectivity index (χ0n) is 9.99. The molecule has 2 aliphatic carbocycles. The first-order valence-corrected chi connectivity index (χ1v) is 6.72. The molecule has 1 aromatic heterocycles. The van der Waals surface area contributed by atoms with E-state index in [4.69, 9.17) is 11.6 Å². The van der Waals surface area contributed by atoms with Crippen LogP contribution in [-0.2, 0) is 9.59 Å². The van der Waals surface area contributed by atoms with Crippen molar-refractivity contribution in [2.75, 3.05) is 4.90 Å². The van der Waals surface area contributed by atoms with Crippen LogP contribution in [0.25, 0.3) is 0 Å². The summed E-state index contributed by atoms with van der Waals surface area (Å²) in [7, 11) is 0. The molecule has 2 fully saturated rings. The van der Waals surface area contributed by atoms with Crippen molar-refractivity contribution in [3.63, 3.8) is 0 Å². The van der Waals surface area contributed by atoms with Gasteiger partial charge in [0.25, 0.3) is 0 Å². The Bertz CT molecular complexity index is 580. The highest BCUT2D eigenvalue weighted by molar-refractivity contribution is 6.30. The molecule has 3 aliphatic rings. The summed E-state index contributed by atoms with van der Waals surface area (Å²) in [4.78, 5) is 30.3. The number of hydrogen-bond acceptors (Lipinski definition) is 3. The van der Waals surface area contributed by atoms with Crippen LogP contribution in [0.2, 0.25) is 5.02 Å². The van der Waals surface area contributed by atoms with E-state index in [0.29, 0.717) is 10.8 Å². The number of fused-ring (bicyclic) bond motifs is 5. The van der Waals surface area contributed by atoms with E-state index in [1.54, 1.807) is 12.1 Å². The Morgan fingerprint density at radius 2 is 1.74 bits per heavy atom. The van der Waals surface area contributed by atoms with Crippen LogP contribution in [0.1, 0.15) is 6.42 Å². The van der Waals surface area contributed by atoms with Gasteiger partial charge in [-0.2, -0.15) is 0 Å². The molecular formula is C14H11ClN2O2. The van der Waals surface area contributed by atoms with Crippen molar-refractivity contribution < 1.29 is 9.59 Å². The number of pyridine rings is 1. The number of allylic oxidation sites excluding steroid dienone is 2. The van der Waals surface area contributed by atoms with Gasteiger partial charge in [0.2, 0.25) is 11.8 Å². The summed E-state index contributed by atoms with van der Waals surface area (Å²) in [5, 5.41) is 0.491. The molecule has 4 nitrogen and oxygen atoms in total. The third kappa shape index (κ3) is 1.38. The summed E-state index contributed by atoms with van der Waals surface area (Å²) in [6.45, 7) is 0. The lowest BCUT2D eigenvalue weighted by Gasteiger charge is -2.15. The average molecular weight is 275 g/mol. The van der Waals surface area contributed by atoms with Gasteiger partial charge >= 0.3 is 0 Å². The normalized spacial score (nSPS) is 35.3. The Hall–Kier alpha value is -1.68. The molecule has 1 saturated carbocycles. The van der Waals surface area contributed by atoms with Crippen molar-refractivity contribution >= 4 is 29.2 Å². The van der Waals surface area contributed by atoms with Gasteiger partial charge in [-0.1, -0.05) is 23.8 Å². The summed E-state index contributed by atoms with van der Waals surface area (Å²) in [6, 6.07) is 3.26. The first-order valence-electron chi connectivity index (χ1n) is 6.34. The SMILES string of the molecule is O=C1[C@H]2[C@H](C(=O)N1c1ccc(Cl)cn1)[C@H]1C=C[C@H]2C1. The molecule has 0 N–H and O–H groups in total. The molecule has 1 aromatic rings. The molecule has 96 valence electrons. The van der Waals surface area contributed by atoms with E-state index in [9.17, 15) is 9.59 Å². The fraction of sp³-hybridized carbons (Fsp3) is 0.357. The summed E-state index contributed by atoms with van der Waals surface area (Å²) < 4.78 is 0. The Morgan fingerprint density at radius 1 is 1.11 bits per heavy atom. The molecule has 5 heteroatoms. The van der Waals surface area contributed by atoms with Gasteiger partial charge in [-0.05, 0) is 30.4 Å². The Balaban J connectivity index is 1.74. The van der Waals surface area contributed by atoms with E-state index in [1.807, 2.05) is 0 Å². The van der Waals surface area contributed by atoms with E-state index in [2.05, 4.69) is 17.1 Å². The average Bonchev–Trinajstić information content (AvgIpc) is 3.06. The second kappa shape index (κ2) is 3.67. The Labute approximate surface area is 115 Å². The Morgan fingerprint density at radius 3 is 2.26 bits per heavy atom. The molecule has 4 rings (SSSR count). The lowest BCUT2D eigenvalue weighted by atomic mass is 9.85. The van der Waals surface area contributed by atoms with E-state index in [0.717, 1.165) is 6.42 Å². The van der Waals surface area contributed by atoms with E-state index in [-0.39, 0.29) is 35.5 Å². The number of aromatic nitrogens is 1. The van der Waals surface area contributed by atoms with Crippen LogP contribution in [0.5, 0.6) is 0 Å². The molecule has 1 saturated heterocycles. The molecule has 0 unspecified atom stereocenters. The summed E-state index contributed by atoms with van der Waals surface area (Å²) >= 11 is 5.78. The predicted molar refractivity (Wildman–Crippen MR) is 69.5 cm³/mol. The van der Waals surface area contributed by atoms with Crippen molar-refractivity contribution in [2.45, 2.75) is 6.42 Å². The molecule has 0 aromatic carbocycles. The molecule has 1 aliphatic heterocycles. The number of amides is 2. The van der Waals surface area contributed by atoms with Crippen molar-refractivity contribution in [2.24, 2.45) is 23.7 Å². The monoisotopic (exact) mass is 274 g/mol. The van der Waals surface area contributed by atoms with Gasteiger partial charge in [0, 0.05) is 6.20 Å². The van der Waals surface area contributed by atoms with E-state index in [1.165, 1.54) is 11.1 Å². The highest BCUT2D eigenvalue weighted by atomic mass is 35.5. The number of rotatable bonds is 1. The molecule has 2 amide bonds. The quantitative estimate of drug-likeness (QED) is 0.582. The summed E-state index contributed by atoms with van der Waals surface area (Å²) in [5.41, 5.74) is 0. The smallest absolute Gasteiger partial charge is 0.239 e. The van der Waals surface area contributed by atoms with Crippen LogP contribution in [0.15, 0.2) is 30.5 Å². The number of carbonyl (C=O) groups excluding carboxylic acids is 2. The van der Waals surface area contributed by atoms with Crippen molar-refractivity contribution in [1.29, 1.82) is 0 Å². The minimum absolute atomic E-state index is 0.110. The standard InChI is InChI=1S/C14H11ClN2O2/c15-9-3-4-10(16-6-9)17-13(18)11-7-1-2-8(5-7)12(11)14(17)19/h1-4,6-8,11-12H,5H2/t7-,8-,11+,12+/m0/s1. The fourth-order valence-electron chi connectivity index (χ4n) is 3.63. The van der Waals surface area contributed by atoms with Crippen LogP contribution in [0, 0.1) is 23.7 Å². The molecule has 19 heavy (non-hydrogen) atoms. The van der Waals surface area contributed by atoms with Crippen LogP contribution in [-0.4, -0.2) is 16.8 Å². The number of imide groups is 1. The first kappa shape index (κ1) is 11.2. The molecule has 0 spiro atoms. The maximum atomic E-state index is 12.5. The van der Waals surface area contributed by atoms with Crippen molar-refractivity contribution in [3.05, 3.63) is 35.5 Å². The van der Waals surface area contributed by atoms with Gasteiger partial charge in [-0.15, -0.1) is 0 Å². The minimum Gasteiger partial charge on any atom is -0.274 e. The minimum atomic E-state index is -0.181. The van der Waals surface area contributed by atoms with Gasteiger partial charge in [0.1, 0.15) is 5.82 Å². The number of anilines is 1. The van der Waals surface area contributed by atoms with Gasteiger partial charge in [0.15, 0.2) is 0 Å². The second-order valence-electron chi connectivity index (χ2n) is 5.35. The molecule has 4 atom stereocenters. The number of halogens is 1. The topological polar surface area (TPSA) is 50.3 Å². The zero-order chi connectivity index (χ0) is 13.1. The van der Waals surface area contributed by atoms with Crippen molar-refractivity contribution in [1.82, 2.24) is 4.98 Å². The highest BCUT2D eigenvalue weighted by Crippen LogP contribution is 2.52. The highest BCUT2D eigenvalue weighted by Gasteiger charge is 2.59. The third-order valence-corrected chi connectivity index (χ3v) is 4.63. The largest absolute Gasteiger partial charge is 0.274 e. The van der Waals surface area contributed by atoms with Gasteiger partial charge < -0.3 is 0 Å². The second-order valence-corrected chi connectivity index (χ2v) is 5.78. The third-order valence-electron chi connectivity index (χ3n) is 4.41. The lowest BCUT2D eigenvalue weighted by Crippen LogP contribution is -2.33. The van der Waals surface area contributed by atoms with E-state index < -0.39 is 0 Å². The molecule has 0 radical (unpaired) electrons. The van der Waals surface area contributed by atoms with Gasteiger partial charge in [0.05, 0.1) is 16.9 Å². The maximum Gasteiger partial charge on any atom is 0.239 e. The number of nitrogens with zero attached hydrogens (tertiary/aromatic N) is 2. The van der Waals surface area contributed by atoms with Crippen molar-refractivity contribution in [3.8, 4) is 0 Å². The first-order chi connectivity index (χ1) is 9.16. The number of carbonyl (C=O) groups is 2. The summed E-state index contributed by atoms with van der Waals surface area (Å²) in [6.07, 6.45) is 6.55. The Kier molecular flexibility index (Phi) is 2.16. The lowest BCUT2D eigenvalue weighted by molar-refractivity contribution is -0.123. The van der Waals surface area contributed by atoms with Crippen LogP contribution in [0.4, 0.5) is 5.82 Å².